The third-order valence-corrected chi connectivity index (χ3v) is 3.08. The molecule has 0 aliphatic rings. The lowest BCUT2D eigenvalue weighted by molar-refractivity contribution is 0.227. The Labute approximate surface area is 114 Å². The number of ether oxygens (including phenoxy) is 1. The Bertz CT molecular complexity index is 482. The first-order valence-electron chi connectivity index (χ1n) is 6.65. The van der Waals surface area contributed by atoms with E-state index in [4.69, 9.17) is 10.5 Å². The molecule has 19 heavy (non-hydrogen) atoms. The van der Waals surface area contributed by atoms with Crippen LogP contribution in [0.2, 0.25) is 0 Å². The van der Waals surface area contributed by atoms with Crippen molar-refractivity contribution in [1.29, 1.82) is 0 Å². The van der Waals surface area contributed by atoms with E-state index in [9.17, 15) is 0 Å². The first-order valence-corrected chi connectivity index (χ1v) is 6.65. The molecule has 0 fully saturated rings. The average molecular weight is 256 g/mol. The van der Waals surface area contributed by atoms with Crippen LogP contribution in [-0.4, -0.2) is 11.5 Å². The molecule has 1 aromatic heterocycles. The van der Waals surface area contributed by atoms with Gasteiger partial charge in [-0.1, -0.05) is 12.1 Å². The first kappa shape index (κ1) is 13.6. The molecule has 1 heterocycles. The number of benzene rings is 1. The SMILES string of the molecule is CC(Oc1ccc(CCCN)cc1)c1ccncc1. The topological polar surface area (TPSA) is 48.1 Å². The number of hydrogen-bond donors (Lipinski definition) is 1. The van der Waals surface area contributed by atoms with Gasteiger partial charge in [-0.05, 0) is 61.7 Å². The minimum absolute atomic E-state index is 0.0258. The molecule has 0 amide bonds. The van der Waals surface area contributed by atoms with Crippen molar-refractivity contribution in [3.8, 4) is 5.75 Å². The van der Waals surface area contributed by atoms with E-state index in [-0.39, 0.29) is 6.10 Å². The van der Waals surface area contributed by atoms with E-state index in [1.165, 1.54) is 5.56 Å². The molecule has 2 aromatic rings. The summed E-state index contributed by atoms with van der Waals surface area (Å²) in [5.74, 6) is 0.890. The van der Waals surface area contributed by atoms with Crippen LogP contribution >= 0.6 is 0 Å². The van der Waals surface area contributed by atoms with E-state index >= 15 is 0 Å². The molecule has 3 heteroatoms. The van der Waals surface area contributed by atoms with Crippen LogP contribution in [0.25, 0.3) is 0 Å². The lowest BCUT2D eigenvalue weighted by Gasteiger charge is -2.15. The highest BCUT2D eigenvalue weighted by atomic mass is 16.5. The van der Waals surface area contributed by atoms with Crippen molar-refractivity contribution < 1.29 is 4.74 Å². The third-order valence-electron chi connectivity index (χ3n) is 3.08. The summed E-state index contributed by atoms with van der Waals surface area (Å²) in [4.78, 5) is 4.01. The van der Waals surface area contributed by atoms with E-state index < -0.39 is 0 Å². The second-order valence-electron chi connectivity index (χ2n) is 4.58. The van der Waals surface area contributed by atoms with Crippen LogP contribution in [-0.2, 0) is 6.42 Å². The molecule has 3 nitrogen and oxygen atoms in total. The van der Waals surface area contributed by atoms with Gasteiger partial charge in [-0.15, -0.1) is 0 Å². The van der Waals surface area contributed by atoms with E-state index in [0.717, 1.165) is 30.7 Å². The highest BCUT2D eigenvalue weighted by Crippen LogP contribution is 2.21. The molecule has 2 rings (SSSR count). The standard InChI is InChI=1S/C16H20N2O/c1-13(15-8-11-18-12-9-15)19-16-6-4-14(5-7-16)3-2-10-17/h4-9,11-13H,2-3,10,17H2,1H3. The van der Waals surface area contributed by atoms with Crippen LogP contribution in [0.3, 0.4) is 0 Å². The van der Waals surface area contributed by atoms with Crippen molar-refractivity contribution in [2.75, 3.05) is 6.54 Å². The Balaban J connectivity index is 1.96. The molecule has 0 saturated heterocycles. The summed E-state index contributed by atoms with van der Waals surface area (Å²) in [5, 5.41) is 0. The molecule has 0 saturated carbocycles. The second-order valence-corrected chi connectivity index (χ2v) is 4.58. The minimum Gasteiger partial charge on any atom is -0.486 e. The number of rotatable bonds is 6. The molecule has 1 unspecified atom stereocenters. The largest absolute Gasteiger partial charge is 0.486 e. The van der Waals surface area contributed by atoms with Crippen molar-refractivity contribution in [1.82, 2.24) is 4.98 Å². The van der Waals surface area contributed by atoms with Gasteiger partial charge in [-0.3, -0.25) is 4.98 Å². The van der Waals surface area contributed by atoms with Crippen molar-refractivity contribution >= 4 is 0 Å². The summed E-state index contributed by atoms with van der Waals surface area (Å²) in [7, 11) is 0. The average Bonchev–Trinajstić information content (AvgIpc) is 2.47. The lowest BCUT2D eigenvalue weighted by atomic mass is 10.1. The van der Waals surface area contributed by atoms with Crippen LogP contribution < -0.4 is 10.5 Å². The molecule has 0 spiro atoms. The van der Waals surface area contributed by atoms with Gasteiger partial charge in [0, 0.05) is 12.4 Å². The molecule has 0 aliphatic heterocycles. The smallest absolute Gasteiger partial charge is 0.121 e. The zero-order valence-electron chi connectivity index (χ0n) is 11.3. The number of hydrogen-bond acceptors (Lipinski definition) is 3. The Kier molecular flexibility index (Phi) is 4.93. The molecule has 1 aromatic carbocycles. The predicted octanol–water partition coefficient (Wildman–Crippen LogP) is 3.11. The molecule has 0 bridgehead atoms. The number of aromatic nitrogens is 1. The fraction of sp³-hybridized carbons (Fsp3) is 0.312. The van der Waals surface area contributed by atoms with Gasteiger partial charge in [0.2, 0.25) is 0 Å². The van der Waals surface area contributed by atoms with Gasteiger partial charge in [0.05, 0.1) is 0 Å². The summed E-state index contributed by atoms with van der Waals surface area (Å²) in [6.45, 7) is 2.77. The van der Waals surface area contributed by atoms with Gasteiger partial charge in [0.25, 0.3) is 0 Å². The Morgan fingerprint density at radius 3 is 2.42 bits per heavy atom. The molecule has 1 atom stereocenters. The van der Waals surface area contributed by atoms with Gasteiger partial charge in [0.1, 0.15) is 11.9 Å². The number of nitrogens with zero attached hydrogens (tertiary/aromatic N) is 1. The predicted molar refractivity (Wildman–Crippen MR) is 77.1 cm³/mol. The number of aryl methyl sites for hydroxylation is 1. The molecular weight excluding hydrogens is 236 g/mol. The second kappa shape index (κ2) is 6.90. The van der Waals surface area contributed by atoms with E-state index in [0.29, 0.717) is 0 Å². The highest BCUT2D eigenvalue weighted by molar-refractivity contribution is 5.28. The maximum absolute atomic E-state index is 5.91. The zero-order valence-corrected chi connectivity index (χ0v) is 11.3. The van der Waals surface area contributed by atoms with Crippen LogP contribution in [0.1, 0.15) is 30.6 Å². The molecule has 0 radical (unpaired) electrons. The van der Waals surface area contributed by atoms with Crippen LogP contribution in [0, 0.1) is 0 Å². The fourth-order valence-corrected chi connectivity index (χ4v) is 1.95. The van der Waals surface area contributed by atoms with E-state index in [1.807, 2.05) is 31.2 Å². The number of pyridine rings is 1. The Hall–Kier alpha value is -1.87. The van der Waals surface area contributed by atoms with E-state index in [2.05, 4.69) is 17.1 Å². The first-order chi connectivity index (χ1) is 9.29. The Morgan fingerprint density at radius 1 is 1.11 bits per heavy atom. The summed E-state index contributed by atoms with van der Waals surface area (Å²) in [5.41, 5.74) is 7.93. The van der Waals surface area contributed by atoms with Gasteiger partial charge in [0.15, 0.2) is 0 Å². The summed E-state index contributed by atoms with van der Waals surface area (Å²) in [6.07, 6.45) is 5.64. The summed E-state index contributed by atoms with van der Waals surface area (Å²) >= 11 is 0. The fourth-order valence-electron chi connectivity index (χ4n) is 1.95. The molecule has 2 N–H and O–H groups in total. The van der Waals surface area contributed by atoms with Gasteiger partial charge < -0.3 is 10.5 Å². The molecule has 0 aliphatic carbocycles. The lowest BCUT2D eigenvalue weighted by Crippen LogP contribution is -2.03. The van der Waals surface area contributed by atoms with Gasteiger partial charge in [-0.25, -0.2) is 0 Å². The zero-order chi connectivity index (χ0) is 13.5. The third kappa shape index (κ3) is 4.07. The maximum Gasteiger partial charge on any atom is 0.121 e. The Morgan fingerprint density at radius 2 is 1.79 bits per heavy atom. The van der Waals surface area contributed by atoms with Crippen LogP contribution in [0.5, 0.6) is 5.75 Å². The summed E-state index contributed by atoms with van der Waals surface area (Å²) in [6, 6.07) is 12.2. The monoisotopic (exact) mass is 256 g/mol. The van der Waals surface area contributed by atoms with Crippen molar-refractivity contribution in [2.45, 2.75) is 25.9 Å². The van der Waals surface area contributed by atoms with Crippen molar-refractivity contribution in [3.63, 3.8) is 0 Å². The van der Waals surface area contributed by atoms with Crippen molar-refractivity contribution in [2.24, 2.45) is 5.73 Å². The molecule has 100 valence electrons. The maximum atomic E-state index is 5.91. The quantitative estimate of drug-likeness (QED) is 0.864. The normalized spacial score (nSPS) is 12.1. The molecular formula is C16H20N2O. The number of nitrogens with two attached hydrogens (primary N) is 1. The van der Waals surface area contributed by atoms with Crippen LogP contribution in [0.15, 0.2) is 48.8 Å². The minimum atomic E-state index is 0.0258. The van der Waals surface area contributed by atoms with E-state index in [1.54, 1.807) is 12.4 Å². The van der Waals surface area contributed by atoms with Crippen molar-refractivity contribution in [3.05, 3.63) is 59.9 Å². The van der Waals surface area contributed by atoms with Gasteiger partial charge in [-0.2, -0.15) is 0 Å². The summed E-state index contributed by atoms with van der Waals surface area (Å²) < 4.78 is 5.91. The van der Waals surface area contributed by atoms with Crippen LogP contribution in [0.4, 0.5) is 0 Å². The highest BCUT2D eigenvalue weighted by Gasteiger charge is 2.06. The van der Waals surface area contributed by atoms with Gasteiger partial charge >= 0.3 is 0 Å².